The molecule has 0 radical (unpaired) electrons. The molecule has 1 unspecified atom stereocenters. The molecule has 0 aliphatic carbocycles. The van der Waals surface area contributed by atoms with Crippen LogP contribution in [0, 0.1) is 11.8 Å². The lowest BCUT2D eigenvalue weighted by Crippen LogP contribution is -2.51. The van der Waals surface area contributed by atoms with Crippen LogP contribution in [0.5, 0.6) is 0 Å². The van der Waals surface area contributed by atoms with E-state index in [1.165, 1.54) is 14.2 Å². The normalized spacial score (nSPS) is 20.5. The molecule has 58 heavy (non-hydrogen) atoms. The number of imidazole rings is 2. The van der Waals surface area contributed by atoms with Gasteiger partial charge < -0.3 is 50.1 Å². The topological polar surface area (TPSA) is 215 Å². The number of fused-ring (bicyclic) bond motifs is 2. The molecule has 6 N–H and O–H groups in total. The number of H-pyrrole nitrogens is 2. The lowest BCUT2D eigenvalue weighted by molar-refractivity contribution is -0.136. The zero-order valence-electron chi connectivity index (χ0n) is 33.4. The van der Waals surface area contributed by atoms with Gasteiger partial charge in [-0.05, 0) is 58.4 Å². The standard InChI is InChI=1S/C42H50N8O8/c1-21(2)35(47-41(55)57-5)39(53)49-19-27(51)17-33(49)37-43-29-13-11-25(15-31(29)45-37)23-7-9-24(10-8-23)26-12-14-30-32(16-26)46-38(44-30)34-18-28(52)20-50(34)40(54)36(22(3)4)48-42(56)58-6/h7-16,21-22,27-28,33-36,51-52H,17-20H2,1-6H3,(H,43,45)(H,44,46)(H,47,55)(H,48,56)/t27-,28-,33+,34?,35+,36+/m1/s1. The molecule has 306 valence electrons. The van der Waals surface area contributed by atoms with Crippen molar-refractivity contribution in [3.05, 3.63) is 72.3 Å². The van der Waals surface area contributed by atoms with Gasteiger partial charge in [0.15, 0.2) is 0 Å². The van der Waals surface area contributed by atoms with E-state index >= 15 is 0 Å². The van der Waals surface area contributed by atoms with E-state index in [4.69, 9.17) is 19.4 Å². The van der Waals surface area contributed by atoms with Crippen molar-refractivity contribution in [1.29, 1.82) is 0 Å². The summed E-state index contributed by atoms with van der Waals surface area (Å²) in [5, 5.41) is 26.5. The van der Waals surface area contributed by atoms with Crippen molar-refractivity contribution < 1.29 is 38.9 Å². The molecular formula is C42H50N8O8. The summed E-state index contributed by atoms with van der Waals surface area (Å²) >= 11 is 0. The van der Waals surface area contributed by atoms with E-state index in [2.05, 4.69) is 20.6 Å². The second kappa shape index (κ2) is 16.5. The van der Waals surface area contributed by atoms with Crippen LogP contribution in [0.1, 0.15) is 64.3 Å². The predicted molar refractivity (Wildman–Crippen MR) is 215 cm³/mol. The second-order valence-corrected chi connectivity index (χ2v) is 15.8. The lowest BCUT2D eigenvalue weighted by atomic mass is 10.00. The first kappa shape index (κ1) is 40.2. The number of rotatable bonds is 10. The summed E-state index contributed by atoms with van der Waals surface area (Å²) in [5.41, 5.74) is 6.91. The van der Waals surface area contributed by atoms with Crippen LogP contribution in [-0.2, 0) is 19.1 Å². The molecule has 3 aromatic carbocycles. The van der Waals surface area contributed by atoms with Crippen LogP contribution in [0.15, 0.2) is 60.7 Å². The van der Waals surface area contributed by atoms with Crippen molar-refractivity contribution in [2.45, 2.75) is 76.9 Å². The van der Waals surface area contributed by atoms with E-state index in [-0.39, 0.29) is 36.7 Å². The Morgan fingerprint density at radius 1 is 0.638 bits per heavy atom. The van der Waals surface area contributed by atoms with E-state index in [1.807, 2.05) is 88.4 Å². The fourth-order valence-corrected chi connectivity index (χ4v) is 7.98. The van der Waals surface area contributed by atoms with Gasteiger partial charge in [0.25, 0.3) is 0 Å². The maximum atomic E-state index is 13.7. The zero-order valence-corrected chi connectivity index (χ0v) is 33.4. The number of aromatic nitrogens is 4. The van der Waals surface area contributed by atoms with Gasteiger partial charge in [-0.2, -0.15) is 0 Å². The number of carbonyl (C=O) groups is 4. The number of aliphatic hydroxyl groups is 2. The highest BCUT2D eigenvalue weighted by Gasteiger charge is 2.42. The summed E-state index contributed by atoms with van der Waals surface area (Å²) in [7, 11) is 2.50. The number of methoxy groups -OCH3 is 2. The summed E-state index contributed by atoms with van der Waals surface area (Å²) < 4.78 is 9.48. The van der Waals surface area contributed by atoms with Crippen molar-refractivity contribution in [3.8, 4) is 22.3 Å². The average molecular weight is 795 g/mol. The van der Waals surface area contributed by atoms with Gasteiger partial charge in [-0.25, -0.2) is 19.6 Å². The Kier molecular flexibility index (Phi) is 11.4. The molecule has 0 spiro atoms. The molecule has 16 heteroatoms. The number of likely N-dealkylation sites (tertiary alicyclic amines) is 2. The van der Waals surface area contributed by atoms with Crippen LogP contribution in [0.2, 0.25) is 0 Å². The SMILES string of the molecule is COC(=O)N[C@H](C(=O)N1C[C@H](O)CC1c1nc2ccc(-c3ccc(-c4ccc5nc([C@@H]6C[C@@H](O)CN6C(=O)[C@@H](NC(=O)OC)C(C)C)[nH]c5c4)cc3)cc2[nH]1)C(C)C. The highest BCUT2D eigenvalue weighted by molar-refractivity contribution is 5.88. The molecule has 0 bridgehead atoms. The highest BCUT2D eigenvalue weighted by Crippen LogP contribution is 2.36. The second-order valence-electron chi connectivity index (χ2n) is 15.8. The summed E-state index contributed by atoms with van der Waals surface area (Å²) in [4.78, 5) is 70.8. The maximum absolute atomic E-state index is 13.7. The van der Waals surface area contributed by atoms with Crippen molar-refractivity contribution in [1.82, 2.24) is 40.4 Å². The monoisotopic (exact) mass is 794 g/mol. The van der Waals surface area contributed by atoms with Crippen LogP contribution in [-0.4, -0.2) is 116 Å². The Balaban J connectivity index is 1.08. The van der Waals surface area contributed by atoms with Gasteiger partial charge in [0.05, 0.1) is 60.6 Å². The number of nitrogens with one attached hydrogen (secondary N) is 4. The third-order valence-corrected chi connectivity index (χ3v) is 11.1. The number of hydrogen-bond acceptors (Lipinski definition) is 10. The van der Waals surface area contributed by atoms with Crippen LogP contribution < -0.4 is 10.6 Å². The van der Waals surface area contributed by atoms with Crippen LogP contribution in [0.4, 0.5) is 9.59 Å². The van der Waals surface area contributed by atoms with Gasteiger partial charge in [-0.3, -0.25) is 9.59 Å². The summed E-state index contributed by atoms with van der Waals surface area (Å²) in [6, 6.07) is 17.4. The first-order chi connectivity index (χ1) is 27.7. The highest BCUT2D eigenvalue weighted by atomic mass is 16.5. The quantitative estimate of drug-likeness (QED) is 0.114. The molecule has 2 aliphatic heterocycles. The number of hydrogen-bond donors (Lipinski definition) is 6. The van der Waals surface area contributed by atoms with Gasteiger partial charge in [-0.1, -0.05) is 64.1 Å². The first-order valence-corrected chi connectivity index (χ1v) is 19.5. The lowest BCUT2D eigenvalue weighted by Gasteiger charge is -2.29. The number of nitrogens with zero attached hydrogens (tertiary/aromatic N) is 4. The summed E-state index contributed by atoms with van der Waals surface area (Å²) in [6.07, 6.45) is -2.24. The third kappa shape index (κ3) is 8.07. The van der Waals surface area contributed by atoms with Crippen LogP contribution in [0.25, 0.3) is 44.3 Å². The Hall–Kier alpha value is -6.00. The number of aliphatic hydroxyl groups excluding tert-OH is 2. The molecule has 2 aromatic heterocycles. The number of alkyl carbamates (subject to hydrolysis) is 2. The smallest absolute Gasteiger partial charge is 0.407 e. The minimum absolute atomic E-state index is 0.124. The Bertz CT molecular complexity index is 2160. The largest absolute Gasteiger partial charge is 0.453 e. The minimum Gasteiger partial charge on any atom is -0.453 e. The molecule has 6 atom stereocenters. The van der Waals surface area contributed by atoms with Gasteiger partial charge in [0.2, 0.25) is 11.8 Å². The van der Waals surface area contributed by atoms with Crippen LogP contribution in [0.3, 0.4) is 0 Å². The molecule has 16 nitrogen and oxygen atoms in total. The van der Waals surface area contributed by atoms with Crippen molar-refractivity contribution in [2.24, 2.45) is 11.8 Å². The van der Waals surface area contributed by atoms with Gasteiger partial charge in [-0.15, -0.1) is 0 Å². The number of aromatic amines is 2. The molecule has 2 saturated heterocycles. The predicted octanol–water partition coefficient (Wildman–Crippen LogP) is 4.80. The average Bonchev–Trinajstić information content (AvgIpc) is 4.01. The fourth-order valence-electron chi connectivity index (χ4n) is 7.98. The fraction of sp³-hybridized carbons (Fsp3) is 0.429. The zero-order chi connectivity index (χ0) is 41.4. The van der Waals surface area contributed by atoms with Gasteiger partial charge >= 0.3 is 12.2 Å². The Morgan fingerprint density at radius 3 is 1.34 bits per heavy atom. The molecule has 4 heterocycles. The number of amides is 4. The number of carbonyl (C=O) groups excluding carboxylic acids is 4. The van der Waals surface area contributed by atoms with E-state index in [9.17, 15) is 29.4 Å². The van der Waals surface area contributed by atoms with E-state index in [0.717, 1.165) is 44.3 Å². The number of β-amino-alcohol motifs (C(OH)–C–C–N with tert-alkyl or cyclic N) is 2. The molecule has 0 saturated carbocycles. The Labute approximate surface area is 335 Å². The Morgan fingerprint density at radius 2 is 1.00 bits per heavy atom. The molecule has 2 fully saturated rings. The first-order valence-electron chi connectivity index (χ1n) is 19.5. The molecular weight excluding hydrogens is 745 g/mol. The van der Waals surface area contributed by atoms with Crippen LogP contribution >= 0.6 is 0 Å². The number of ether oxygens (including phenoxy) is 2. The molecule has 4 amide bonds. The number of benzene rings is 3. The van der Waals surface area contributed by atoms with Gasteiger partial charge in [0.1, 0.15) is 23.7 Å². The summed E-state index contributed by atoms with van der Waals surface area (Å²) in [6.45, 7) is 7.60. The van der Waals surface area contributed by atoms with Crippen molar-refractivity contribution in [3.63, 3.8) is 0 Å². The van der Waals surface area contributed by atoms with Crippen molar-refractivity contribution >= 4 is 46.1 Å². The molecule has 7 rings (SSSR count). The van der Waals surface area contributed by atoms with Crippen molar-refractivity contribution in [2.75, 3.05) is 27.3 Å². The minimum atomic E-state index is -0.824. The molecule has 5 aromatic rings. The van der Waals surface area contributed by atoms with E-state index in [1.54, 1.807) is 9.80 Å². The third-order valence-electron chi connectivity index (χ3n) is 11.1. The summed E-state index contributed by atoms with van der Waals surface area (Å²) in [5.74, 6) is 0.0814. The van der Waals surface area contributed by atoms with E-state index in [0.29, 0.717) is 24.5 Å². The van der Waals surface area contributed by atoms with E-state index < -0.39 is 48.6 Å². The molecule has 2 aliphatic rings. The van der Waals surface area contributed by atoms with Gasteiger partial charge in [0, 0.05) is 25.9 Å². The maximum Gasteiger partial charge on any atom is 0.407 e.